The molecular weight excluding hydrogens is 933 g/mol. The average Bonchev–Trinajstić information content (AvgIpc) is 3.67. The Labute approximate surface area is 378 Å². The number of carbonyl (C=O) groups is 4. The molecule has 0 saturated carbocycles. The molecule has 5 aromatic rings. The number of benzene rings is 5. The lowest BCUT2D eigenvalue weighted by molar-refractivity contribution is -0.385. The Morgan fingerprint density at radius 1 is 0.548 bits per heavy atom. The maximum absolute atomic E-state index is 14.0. The predicted octanol–water partition coefficient (Wildman–Crippen LogP) is 9.77. The molecule has 0 unspecified atom stereocenters. The molecule has 62 heavy (non-hydrogen) atoms. The number of nitro benzene ring substituents is 2. The van der Waals surface area contributed by atoms with E-state index < -0.39 is 33.5 Å². The second-order valence-electron chi connectivity index (χ2n) is 12.9. The number of anilines is 2. The first-order valence-electron chi connectivity index (χ1n) is 17.3. The van der Waals surface area contributed by atoms with Gasteiger partial charge >= 0.3 is 0 Å². The number of hydrazone groups is 2. The number of carbonyl (C=O) groups excluding carboxylic acids is 4. The van der Waals surface area contributed by atoms with Crippen LogP contribution in [-0.4, -0.2) is 45.1 Å². The summed E-state index contributed by atoms with van der Waals surface area (Å²) in [5.74, 6) is -3.70. The molecule has 0 bridgehead atoms. The van der Waals surface area contributed by atoms with Crippen molar-refractivity contribution in [3.8, 4) is 0 Å². The first-order valence-corrected chi connectivity index (χ1v) is 19.6. The number of nitrogens with one attached hydrogen (secondary N) is 2. The van der Waals surface area contributed by atoms with Crippen molar-refractivity contribution in [2.45, 2.75) is 0 Å². The summed E-state index contributed by atoms with van der Waals surface area (Å²) in [7, 11) is 0. The first-order chi connectivity index (χ1) is 29.5. The summed E-state index contributed by atoms with van der Waals surface area (Å²) in [6.07, 6.45) is 2.78. The highest BCUT2D eigenvalue weighted by molar-refractivity contribution is 6.45. The first kappa shape index (κ1) is 43.4. The fourth-order valence-corrected chi connectivity index (χ4v) is 7.91. The molecule has 310 valence electrons. The van der Waals surface area contributed by atoms with Crippen molar-refractivity contribution in [1.29, 1.82) is 0 Å². The lowest BCUT2D eigenvalue weighted by Gasteiger charge is -2.15. The summed E-state index contributed by atoms with van der Waals surface area (Å²) in [5.41, 5.74) is -0.492. The number of amidine groups is 2. The van der Waals surface area contributed by atoms with E-state index >= 15 is 0 Å². The van der Waals surface area contributed by atoms with Gasteiger partial charge < -0.3 is 10.6 Å². The molecule has 2 aliphatic rings. The molecule has 0 radical (unpaired) electrons. The number of nitrogens with zero attached hydrogens (tertiary/aromatic N) is 6. The molecule has 22 heteroatoms. The minimum absolute atomic E-state index is 0.0348. The van der Waals surface area contributed by atoms with Gasteiger partial charge in [-0.25, -0.2) is 0 Å². The van der Waals surface area contributed by atoms with Gasteiger partial charge in [0.1, 0.15) is 11.4 Å². The van der Waals surface area contributed by atoms with E-state index in [-0.39, 0.29) is 86.8 Å². The highest BCUT2D eigenvalue weighted by Crippen LogP contribution is 2.41. The minimum Gasteiger partial charge on any atom is -0.304 e. The van der Waals surface area contributed by atoms with E-state index in [1.807, 2.05) is 0 Å². The molecule has 2 heterocycles. The van der Waals surface area contributed by atoms with Gasteiger partial charge in [0.25, 0.3) is 35.0 Å². The van der Waals surface area contributed by atoms with E-state index in [1.54, 1.807) is 24.3 Å². The van der Waals surface area contributed by atoms with Crippen LogP contribution in [0.1, 0.15) is 31.8 Å². The van der Waals surface area contributed by atoms with Gasteiger partial charge in [-0.2, -0.15) is 10.0 Å². The van der Waals surface area contributed by atoms with Crippen LogP contribution in [0.2, 0.25) is 30.1 Å². The van der Waals surface area contributed by atoms with Gasteiger partial charge in [0.15, 0.2) is 11.7 Å². The molecule has 2 N–H and O–H groups in total. The molecule has 0 atom stereocenters. The molecule has 0 spiro atoms. The minimum atomic E-state index is -0.824. The van der Waals surface area contributed by atoms with Crippen molar-refractivity contribution < 1.29 is 29.0 Å². The molecule has 2 aliphatic heterocycles. The Hall–Kier alpha value is -6.66. The molecule has 0 saturated heterocycles. The average molecular weight is 953 g/mol. The van der Waals surface area contributed by atoms with E-state index in [4.69, 9.17) is 69.6 Å². The quantitative estimate of drug-likeness (QED) is 0.0867. The van der Waals surface area contributed by atoms with Crippen LogP contribution in [0, 0.1) is 20.2 Å². The zero-order valence-electron chi connectivity index (χ0n) is 30.6. The third-order valence-electron chi connectivity index (χ3n) is 8.80. The van der Waals surface area contributed by atoms with Gasteiger partial charge in [0.2, 0.25) is 0 Å². The third-order valence-corrected chi connectivity index (χ3v) is 10.4. The van der Waals surface area contributed by atoms with Crippen LogP contribution in [0.4, 0.5) is 22.7 Å². The van der Waals surface area contributed by atoms with Crippen molar-refractivity contribution in [1.82, 2.24) is 10.6 Å². The largest absolute Gasteiger partial charge is 0.304 e. The van der Waals surface area contributed by atoms with Gasteiger partial charge in [-0.05, 0) is 59.7 Å². The lowest BCUT2D eigenvalue weighted by atomic mass is 10.0. The number of amides is 4. The van der Waals surface area contributed by atoms with Crippen molar-refractivity contribution in [2.24, 2.45) is 10.2 Å². The predicted molar refractivity (Wildman–Crippen MR) is 236 cm³/mol. The molecule has 5 aromatic carbocycles. The number of non-ortho nitro benzene ring substituents is 2. The summed E-state index contributed by atoms with van der Waals surface area (Å²) >= 11 is 37.9. The molecule has 0 aliphatic carbocycles. The Morgan fingerprint density at radius 2 is 0.887 bits per heavy atom. The van der Waals surface area contributed by atoms with E-state index in [0.717, 1.165) is 22.2 Å². The highest BCUT2D eigenvalue weighted by atomic mass is 35.5. The smallest absolute Gasteiger partial charge is 0.282 e. The van der Waals surface area contributed by atoms with Crippen LogP contribution in [0.25, 0.3) is 12.2 Å². The SMILES string of the molecule is O=C(NC1=NN(c2c(Cl)cc(Cl)cc2Cl)C(=O)C1=Cc1ccc(C=C2C(=O)N(c3c(Cl)cc(Cl)cc3Cl)N=C2NC(=O)c2cccc([N+](=O)[O-])c2)cc1)c1cccc([N+](=O)[O-])c1. The van der Waals surface area contributed by atoms with E-state index in [2.05, 4.69) is 20.8 Å². The zero-order chi connectivity index (χ0) is 44.6. The van der Waals surface area contributed by atoms with Crippen LogP contribution >= 0.6 is 69.6 Å². The van der Waals surface area contributed by atoms with Gasteiger partial charge in [-0.3, -0.25) is 39.4 Å². The lowest BCUT2D eigenvalue weighted by Crippen LogP contribution is -2.31. The Morgan fingerprint density at radius 3 is 1.21 bits per heavy atom. The van der Waals surface area contributed by atoms with Crippen LogP contribution in [0.3, 0.4) is 0 Å². The van der Waals surface area contributed by atoms with E-state index in [0.29, 0.717) is 11.1 Å². The zero-order valence-corrected chi connectivity index (χ0v) is 35.1. The van der Waals surface area contributed by atoms with Crippen molar-refractivity contribution in [3.63, 3.8) is 0 Å². The molecule has 16 nitrogen and oxygen atoms in total. The van der Waals surface area contributed by atoms with Crippen molar-refractivity contribution in [2.75, 3.05) is 10.0 Å². The number of nitro groups is 2. The summed E-state index contributed by atoms with van der Waals surface area (Å²) in [6, 6.07) is 21.4. The van der Waals surface area contributed by atoms with Gasteiger partial charge in [0.05, 0.1) is 41.1 Å². The van der Waals surface area contributed by atoms with Crippen molar-refractivity contribution in [3.05, 3.63) is 181 Å². The fourth-order valence-electron chi connectivity index (χ4n) is 5.95. The third kappa shape index (κ3) is 9.01. The topological polar surface area (TPSA) is 210 Å². The number of hydrogen-bond donors (Lipinski definition) is 2. The molecule has 4 amide bonds. The number of rotatable bonds is 8. The Balaban J connectivity index is 1.24. The number of hydrogen-bond acceptors (Lipinski definition) is 10. The second kappa shape index (κ2) is 17.7. The highest BCUT2D eigenvalue weighted by Gasteiger charge is 2.37. The molecular formula is C40H20Cl6N8O8. The molecule has 7 rings (SSSR count). The van der Waals surface area contributed by atoms with Crippen LogP contribution < -0.4 is 20.7 Å². The molecule has 0 aromatic heterocycles. The summed E-state index contributed by atoms with van der Waals surface area (Å²) in [4.78, 5) is 76.1. The van der Waals surface area contributed by atoms with Crippen molar-refractivity contribution >= 4 is 140 Å². The van der Waals surface area contributed by atoms with Gasteiger partial charge in [-0.15, -0.1) is 10.2 Å². The maximum atomic E-state index is 14.0. The van der Waals surface area contributed by atoms with Crippen LogP contribution in [0.5, 0.6) is 0 Å². The van der Waals surface area contributed by atoms with Gasteiger partial charge in [0, 0.05) is 45.4 Å². The maximum Gasteiger partial charge on any atom is 0.282 e. The summed E-state index contributed by atoms with van der Waals surface area (Å²) < 4.78 is 0. The van der Waals surface area contributed by atoms with Crippen LogP contribution in [-0.2, 0) is 9.59 Å². The van der Waals surface area contributed by atoms with Crippen LogP contribution in [0.15, 0.2) is 118 Å². The van der Waals surface area contributed by atoms with E-state index in [9.17, 15) is 39.4 Å². The van der Waals surface area contributed by atoms with Gasteiger partial charge in [-0.1, -0.05) is 106 Å². The monoisotopic (exact) mass is 950 g/mol. The molecule has 0 fully saturated rings. The van der Waals surface area contributed by atoms with E-state index in [1.165, 1.54) is 72.8 Å². The summed E-state index contributed by atoms with van der Waals surface area (Å²) in [5, 5.41) is 38.4. The second-order valence-corrected chi connectivity index (χ2v) is 15.4. The normalized spacial score (nSPS) is 14.9. The Bertz CT molecular complexity index is 2700. The standard InChI is InChI=1S/C40H20Cl6N8O8/c41-23-15-29(43)33(30(44)16-23)51-39(57)27(35(49-51)47-37(55)21-3-1-5-25(13-21)53(59)60)11-19-7-9-20(10-8-19)12-28-36(48-38(56)22-4-2-6-26(14-22)54(61)62)50-52(40(28)58)34-31(45)17-24(42)18-32(34)46/h1-18H,(H,47,49,55)(H,48,50,56). The number of halogens is 6. The fraction of sp³-hybridized carbons (Fsp3) is 0. The summed E-state index contributed by atoms with van der Waals surface area (Å²) in [6.45, 7) is 0. The Kier molecular flexibility index (Phi) is 12.4.